The molecule has 1 aliphatic rings. The molecule has 17 heavy (non-hydrogen) atoms. The van der Waals surface area contributed by atoms with Gasteiger partial charge in [0.15, 0.2) is 0 Å². The van der Waals surface area contributed by atoms with Crippen LogP contribution < -0.4 is 11.0 Å². The van der Waals surface area contributed by atoms with Crippen LogP contribution in [0.4, 0.5) is 0 Å². The molecule has 2 rings (SSSR count). The van der Waals surface area contributed by atoms with Crippen LogP contribution in [0, 0.1) is 0 Å². The number of nitrogens with one attached hydrogen (secondary N) is 1. The lowest BCUT2D eigenvalue weighted by Crippen LogP contribution is -2.52. The topological polar surface area (TPSA) is 67.2 Å². The van der Waals surface area contributed by atoms with Gasteiger partial charge in [-0.1, -0.05) is 0 Å². The van der Waals surface area contributed by atoms with Gasteiger partial charge in [-0.05, 0) is 13.0 Å². The van der Waals surface area contributed by atoms with Crippen molar-refractivity contribution in [3.05, 3.63) is 28.9 Å². The summed E-state index contributed by atoms with van der Waals surface area (Å²) in [7, 11) is 0. The molecule has 0 saturated carbocycles. The molecule has 0 aromatic carbocycles. The molecule has 0 bridgehead atoms. The Labute approximate surface area is 99.3 Å². The van der Waals surface area contributed by atoms with E-state index in [4.69, 9.17) is 0 Å². The van der Waals surface area contributed by atoms with Crippen molar-refractivity contribution in [1.29, 1.82) is 0 Å². The number of hydrogen-bond donors (Lipinski definition) is 1. The standard InChI is InChI=1S/C11H16N4O2/c1-9-7-14(6-4-12-9)10(16)8-15-5-2-3-13-11(15)17/h2-3,5,9,12H,4,6-8H2,1H3/t9-/m0/s1. The van der Waals surface area contributed by atoms with Crippen LogP contribution in [0.1, 0.15) is 6.92 Å². The van der Waals surface area contributed by atoms with Crippen molar-refractivity contribution in [2.75, 3.05) is 19.6 Å². The summed E-state index contributed by atoms with van der Waals surface area (Å²) in [6.45, 7) is 4.29. The molecule has 1 amide bonds. The Balaban J connectivity index is 2.02. The van der Waals surface area contributed by atoms with E-state index in [1.165, 1.54) is 10.8 Å². The van der Waals surface area contributed by atoms with Gasteiger partial charge in [0.1, 0.15) is 6.54 Å². The molecule has 0 aliphatic carbocycles. The normalized spacial score (nSPS) is 20.3. The quantitative estimate of drug-likeness (QED) is 0.720. The average molecular weight is 236 g/mol. The Morgan fingerprint density at radius 2 is 2.47 bits per heavy atom. The summed E-state index contributed by atoms with van der Waals surface area (Å²) in [6, 6.07) is 1.95. The molecule has 0 unspecified atom stereocenters. The highest BCUT2D eigenvalue weighted by molar-refractivity contribution is 5.76. The van der Waals surface area contributed by atoms with Gasteiger partial charge in [-0.15, -0.1) is 0 Å². The van der Waals surface area contributed by atoms with Crippen molar-refractivity contribution >= 4 is 5.91 Å². The molecule has 6 nitrogen and oxygen atoms in total. The second kappa shape index (κ2) is 5.09. The molecule has 0 spiro atoms. The molecular weight excluding hydrogens is 220 g/mol. The summed E-state index contributed by atoms with van der Waals surface area (Å²) in [5.41, 5.74) is -0.385. The molecule has 1 aromatic rings. The SMILES string of the molecule is C[C@H]1CN(C(=O)Cn2cccnc2=O)CCN1. The lowest BCUT2D eigenvalue weighted by Gasteiger charge is -2.32. The Morgan fingerprint density at radius 1 is 1.65 bits per heavy atom. The van der Waals surface area contributed by atoms with Crippen LogP contribution >= 0.6 is 0 Å². The molecule has 1 fully saturated rings. The summed E-state index contributed by atoms with van der Waals surface area (Å²) in [5.74, 6) is -0.0338. The van der Waals surface area contributed by atoms with Gasteiger partial charge in [0.2, 0.25) is 5.91 Å². The first-order valence-electron chi connectivity index (χ1n) is 5.69. The van der Waals surface area contributed by atoms with Crippen molar-refractivity contribution in [1.82, 2.24) is 19.8 Å². The fourth-order valence-electron chi connectivity index (χ4n) is 1.91. The van der Waals surface area contributed by atoms with E-state index in [9.17, 15) is 9.59 Å². The zero-order valence-corrected chi connectivity index (χ0v) is 9.80. The van der Waals surface area contributed by atoms with Crippen LogP contribution in [0.25, 0.3) is 0 Å². The van der Waals surface area contributed by atoms with Crippen LogP contribution in [0.15, 0.2) is 23.3 Å². The minimum absolute atomic E-state index is 0.0338. The number of rotatable bonds is 2. The Bertz CT molecular complexity index is 457. The van der Waals surface area contributed by atoms with Crippen LogP contribution in [0.2, 0.25) is 0 Å². The van der Waals surface area contributed by atoms with Crippen molar-refractivity contribution in [2.24, 2.45) is 0 Å². The van der Waals surface area contributed by atoms with Crippen LogP contribution in [-0.4, -0.2) is 46.0 Å². The minimum Gasteiger partial charge on any atom is -0.338 e. The molecule has 1 aliphatic heterocycles. The van der Waals surface area contributed by atoms with Crippen molar-refractivity contribution in [2.45, 2.75) is 19.5 Å². The molecule has 1 aromatic heterocycles. The maximum Gasteiger partial charge on any atom is 0.347 e. The van der Waals surface area contributed by atoms with E-state index in [2.05, 4.69) is 10.3 Å². The first kappa shape index (κ1) is 11.8. The lowest BCUT2D eigenvalue weighted by atomic mass is 10.2. The average Bonchev–Trinajstić information content (AvgIpc) is 2.32. The Morgan fingerprint density at radius 3 is 3.18 bits per heavy atom. The van der Waals surface area contributed by atoms with Crippen LogP contribution in [0.5, 0.6) is 0 Å². The maximum atomic E-state index is 12.0. The van der Waals surface area contributed by atoms with Gasteiger partial charge >= 0.3 is 5.69 Å². The van der Waals surface area contributed by atoms with E-state index in [1.54, 1.807) is 17.2 Å². The summed E-state index contributed by atoms with van der Waals surface area (Å²) < 4.78 is 1.33. The van der Waals surface area contributed by atoms with Gasteiger partial charge in [0, 0.05) is 38.1 Å². The fraction of sp³-hybridized carbons (Fsp3) is 0.545. The molecule has 1 N–H and O–H groups in total. The monoisotopic (exact) mass is 236 g/mol. The fourth-order valence-corrected chi connectivity index (χ4v) is 1.91. The maximum absolute atomic E-state index is 12.0. The highest BCUT2D eigenvalue weighted by Crippen LogP contribution is 2.00. The van der Waals surface area contributed by atoms with Crippen LogP contribution in [-0.2, 0) is 11.3 Å². The number of piperazine rings is 1. The molecule has 1 saturated heterocycles. The number of nitrogens with zero attached hydrogens (tertiary/aromatic N) is 3. The van der Waals surface area contributed by atoms with E-state index >= 15 is 0 Å². The predicted molar refractivity (Wildman–Crippen MR) is 62.5 cm³/mol. The van der Waals surface area contributed by atoms with E-state index in [1.807, 2.05) is 6.92 Å². The van der Waals surface area contributed by atoms with Gasteiger partial charge in [-0.2, -0.15) is 0 Å². The van der Waals surface area contributed by atoms with E-state index < -0.39 is 0 Å². The lowest BCUT2D eigenvalue weighted by molar-refractivity contribution is -0.133. The summed E-state index contributed by atoms with van der Waals surface area (Å²) in [6.07, 6.45) is 3.01. The minimum atomic E-state index is -0.385. The van der Waals surface area contributed by atoms with Gasteiger partial charge < -0.3 is 10.2 Å². The highest BCUT2D eigenvalue weighted by Gasteiger charge is 2.20. The van der Waals surface area contributed by atoms with E-state index in [-0.39, 0.29) is 18.1 Å². The van der Waals surface area contributed by atoms with Crippen molar-refractivity contribution < 1.29 is 4.79 Å². The predicted octanol–water partition coefficient (Wildman–Crippen LogP) is -0.936. The third-order valence-electron chi connectivity index (χ3n) is 2.81. The number of hydrogen-bond acceptors (Lipinski definition) is 4. The number of carbonyl (C=O) groups excluding carboxylic acids is 1. The number of carbonyl (C=O) groups is 1. The van der Waals surface area contributed by atoms with Gasteiger partial charge in [-0.3, -0.25) is 9.36 Å². The van der Waals surface area contributed by atoms with E-state index in [0.717, 1.165) is 6.54 Å². The second-order valence-corrected chi connectivity index (χ2v) is 4.23. The second-order valence-electron chi connectivity index (χ2n) is 4.23. The molecule has 0 radical (unpaired) electrons. The number of aromatic nitrogens is 2. The van der Waals surface area contributed by atoms with Crippen molar-refractivity contribution in [3.63, 3.8) is 0 Å². The van der Waals surface area contributed by atoms with Crippen LogP contribution in [0.3, 0.4) is 0 Å². The summed E-state index contributed by atoms with van der Waals surface area (Å²) in [5, 5.41) is 3.27. The zero-order valence-electron chi connectivity index (χ0n) is 9.80. The number of amides is 1. The first-order valence-corrected chi connectivity index (χ1v) is 5.69. The Hall–Kier alpha value is -1.69. The molecule has 92 valence electrons. The largest absolute Gasteiger partial charge is 0.347 e. The summed E-state index contributed by atoms with van der Waals surface area (Å²) in [4.78, 5) is 28.7. The van der Waals surface area contributed by atoms with Gasteiger partial charge in [0.05, 0.1) is 0 Å². The van der Waals surface area contributed by atoms with Gasteiger partial charge in [0.25, 0.3) is 0 Å². The highest BCUT2D eigenvalue weighted by atomic mass is 16.2. The molecule has 6 heteroatoms. The zero-order chi connectivity index (χ0) is 12.3. The molecular formula is C11H16N4O2. The van der Waals surface area contributed by atoms with E-state index in [0.29, 0.717) is 19.1 Å². The third-order valence-corrected chi connectivity index (χ3v) is 2.81. The molecule has 2 heterocycles. The third kappa shape index (κ3) is 2.91. The van der Waals surface area contributed by atoms with Crippen molar-refractivity contribution in [3.8, 4) is 0 Å². The summed E-state index contributed by atoms with van der Waals surface area (Å²) >= 11 is 0. The smallest absolute Gasteiger partial charge is 0.338 e. The Kier molecular flexibility index (Phi) is 3.53. The van der Waals surface area contributed by atoms with Gasteiger partial charge in [-0.25, -0.2) is 9.78 Å². The first-order chi connectivity index (χ1) is 8.16. The molecule has 1 atom stereocenters.